The summed E-state index contributed by atoms with van der Waals surface area (Å²) in [5.41, 5.74) is -0.124. The van der Waals surface area contributed by atoms with Crippen molar-refractivity contribution in [3.63, 3.8) is 0 Å². The van der Waals surface area contributed by atoms with E-state index in [9.17, 15) is 14.4 Å². The van der Waals surface area contributed by atoms with E-state index in [2.05, 4.69) is 15.3 Å². The van der Waals surface area contributed by atoms with Crippen LogP contribution in [-0.2, 0) is 9.53 Å². The van der Waals surface area contributed by atoms with Crippen molar-refractivity contribution in [2.75, 3.05) is 26.0 Å². The predicted octanol–water partition coefficient (Wildman–Crippen LogP) is 0.913. The van der Waals surface area contributed by atoms with E-state index >= 15 is 0 Å². The Balaban J connectivity index is 1.55. The second-order valence-electron chi connectivity index (χ2n) is 5.93. The van der Waals surface area contributed by atoms with Crippen LogP contribution in [0.2, 0.25) is 0 Å². The third-order valence-corrected chi connectivity index (χ3v) is 4.89. The molecule has 1 amide bonds. The number of nitrogens with one attached hydrogen (secondary N) is 2. The number of carbonyl (C=O) groups excluding carboxylic acids is 2. The molecule has 148 valence electrons. The molecule has 9 nitrogen and oxygen atoms in total. The van der Waals surface area contributed by atoms with Crippen molar-refractivity contribution >= 4 is 23.6 Å². The molecule has 2 aromatic rings. The molecule has 3 rings (SSSR count). The van der Waals surface area contributed by atoms with E-state index in [0.717, 1.165) is 11.8 Å². The molecule has 0 saturated heterocycles. The molecule has 10 heteroatoms. The number of H-pyrrole nitrogens is 1. The van der Waals surface area contributed by atoms with Gasteiger partial charge in [-0.15, -0.1) is 0 Å². The summed E-state index contributed by atoms with van der Waals surface area (Å²) in [7, 11) is 1.23. The number of benzene rings is 1. The van der Waals surface area contributed by atoms with Crippen LogP contribution in [0.3, 0.4) is 0 Å². The van der Waals surface area contributed by atoms with Crippen LogP contribution in [0.15, 0.2) is 34.1 Å². The summed E-state index contributed by atoms with van der Waals surface area (Å²) in [5, 5.41) is 2.90. The summed E-state index contributed by atoms with van der Waals surface area (Å²) in [6.45, 7) is 2.16. The summed E-state index contributed by atoms with van der Waals surface area (Å²) in [4.78, 5) is 41.9. The van der Waals surface area contributed by atoms with E-state index in [0.29, 0.717) is 23.8 Å². The number of amides is 1. The van der Waals surface area contributed by atoms with Crippen molar-refractivity contribution in [3.8, 4) is 11.5 Å². The Morgan fingerprint density at radius 2 is 2.11 bits per heavy atom. The molecule has 0 fully saturated rings. The van der Waals surface area contributed by atoms with Gasteiger partial charge in [0.1, 0.15) is 23.3 Å². The van der Waals surface area contributed by atoms with E-state index in [-0.39, 0.29) is 34.9 Å². The van der Waals surface area contributed by atoms with Gasteiger partial charge < -0.3 is 24.5 Å². The number of aromatic nitrogens is 2. The number of para-hydroxylation sites is 2. The second kappa shape index (κ2) is 8.79. The van der Waals surface area contributed by atoms with Crippen LogP contribution in [0.1, 0.15) is 16.1 Å². The van der Waals surface area contributed by atoms with Crippen molar-refractivity contribution in [1.82, 2.24) is 15.3 Å². The largest absolute Gasteiger partial charge is 0.486 e. The van der Waals surface area contributed by atoms with Crippen molar-refractivity contribution in [2.24, 2.45) is 0 Å². The number of methoxy groups -OCH3 is 1. The summed E-state index contributed by atoms with van der Waals surface area (Å²) >= 11 is 0.986. The molecule has 1 aliphatic heterocycles. The maximum absolute atomic E-state index is 12.2. The highest BCUT2D eigenvalue weighted by Crippen LogP contribution is 2.30. The van der Waals surface area contributed by atoms with Gasteiger partial charge in [0.2, 0.25) is 5.91 Å². The minimum atomic E-state index is -0.629. The summed E-state index contributed by atoms with van der Waals surface area (Å²) in [6, 6.07) is 7.31. The van der Waals surface area contributed by atoms with Crippen molar-refractivity contribution < 1.29 is 23.8 Å². The van der Waals surface area contributed by atoms with Crippen molar-refractivity contribution in [3.05, 3.63) is 46.0 Å². The standard InChI is InChI=1S/C18H19N3O6S/c1-10-15(17(23)25-2)16(21-18(24)20-10)28-9-14(22)19-7-11-8-26-12-5-3-4-6-13(12)27-11/h3-6,11H,7-9H2,1-2H3,(H,19,22)(H,20,21,24)/t11-/m1/s1. The number of fused-ring (bicyclic) bond motifs is 1. The first-order valence-electron chi connectivity index (χ1n) is 8.45. The highest BCUT2D eigenvalue weighted by atomic mass is 32.2. The smallest absolute Gasteiger partial charge is 0.346 e. The number of rotatable bonds is 6. The molecule has 0 saturated carbocycles. The lowest BCUT2D eigenvalue weighted by Gasteiger charge is -2.26. The Labute approximate surface area is 164 Å². The van der Waals surface area contributed by atoms with Crippen LogP contribution in [0, 0.1) is 6.92 Å². The highest BCUT2D eigenvalue weighted by Gasteiger charge is 2.22. The van der Waals surface area contributed by atoms with Crippen molar-refractivity contribution in [2.45, 2.75) is 18.1 Å². The van der Waals surface area contributed by atoms with Crippen LogP contribution in [0.4, 0.5) is 0 Å². The van der Waals surface area contributed by atoms with E-state index in [1.807, 2.05) is 18.2 Å². The number of nitrogens with zero attached hydrogens (tertiary/aromatic N) is 1. The molecule has 0 aliphatic carbocycles. The second-order valence-corrected chi connectivity index (χ2v) is 6.89. The highest BCUT2D eigenvalue weighted by molar-refractivity contribution is 8.00. The molecule has 0 radical (unpaired) electrons. The lowest BCUT2D eigenvalue weighted by Crippen LogP contribution is -2.41. The Bertz CT molecular complexity index is 945. The molecular formula is C18H19N3O6S. The zero-order valence-corrected chi connectivity index (χ0v) is 16.1. The number of hydrogen-bond acceptors (Lipinski definition) is 8. The van der Waals surface area contributed by atoms with Gasteiger partial charge in [0.25, 0.3) is 0 Å². The third kappa shape index (κ3) is 4.63. The molecule has 1 atom stereocenters. The van der Waals surface area contributed by atoms with Gasteiger partial charge in [-0.25, -0.2) is 9.59 Å². The number of esters is 1. The Kier molecular flexibility index (Phi) is 6.19. The Morgan fingerprint density at radius 1 is 1.36 bits per heavy atom. The number of aryl methyl sites for hydroxylation is 1. The quantitative estimate of drug-likeness (QED) is 0.414. The number of thioether (sulfide) groups is 1. The first-order chi connectivity index (χ1) is 13.5. The minimum Gasteiger partial charge on any atom is -0.486 e. The molecule has 1 aliphatic rings. The number of hydrogen-bond donors (Lipinski definition) is 2. The monoisotopic (exact) mass is 405 g/mol. The van der Waals surface area contributed by atoms with Crippen LogP contribution < -0.4 is 20.5 Å². The first-order valence-corrected chi connectivity index (χ1v) is 9.43. The van der Waals surface area contributed by atoms with E-state index in [4.69, 9.17) is 14.2 Å². The average Bonchev–Trinajstić information content (AvgIpc) is 2.69. The number of aromatic amines is 1. The summed E-state index contributed by atoms with van der Waals surface area (Å²) in [5.74, 6) is 0.364. The SMILES string of the molecule is COC(=O)c1c(SCC(=O)NC[C@@H]2COc3ccccc3O2)nc(=O)[nH]c1C. The first kappa shape index (κ1) is 19.7. The molecule has 2 heterocycles. The normalized spacial score (nSPS) is 15.0. The third-order valence-electron chi connectivity index (χ3n) is 3.91. The minimum absolute atomic E-state index is 0.0238. The zero-order valence-electron chi connectivity index (χ0n) is 15.3. The topological polar surface area (TPSA) is 120 Å². The molecule has 28 heavy (non-hydrogen) atoms. The molecule has 0 spiro atoms. The average molecular weight is 405 g/mol. The number of carbonyl (C=O) groups is 2. The van der Waals surface area contributed by atoms with Crippen LogP contribution in [0.25, 0.3) is 0 Å². The lowest BCUT2D eigenvalue weighted by atomic mass is 10.2. The fraction of sp³-hybridized carbons (Fsp3) is 0.333. The van der Waals surface area contributed by atoms with Gasteiger partial charge in [0.05, 0.1) is 19.4 Å². The van der Waals surface area contributed by atoms with Gasteiger partial charge in [-0.3, -0.25) is 4.79 Å². The Morgan fingerprint density at radius 3 is 2.86 bits per heavy atom. The van der Waals surface area contributed by atoms with E-state index < -0.39 is 11.7 Å². The predicted molar refractivity (Wildman–Crippen MR) is 101 cm³/mol. The van der Waals surface area contributed by atoms with Gasteiger partial charge in [-0.1, -0.05) is 23.9 Å². The molecular weight excluding hydrogens is 386 g/mol. The fourth-order valence-electron chi connectivity index (χ4n) is 2.58. The molecule has 0 bridgehead atoms. The fourth-order valence-corrected chi connectivity index (χ4v) is 3.48. The molecule has 2 N–H and O–H groups in total. The van der Waals surface area contributed by atoms with Gasteiger partial charge in [0.15, 0.2) is 11.5 Å². The lowest BCUT2D eigenvalue weighted by molar-refractivity contribution is -0.119. The van der Waals surface area contributed by atoms with E-state index in [1.54, 1.807) is 13.0 Å². The van der Waals surface area contributed by atoms with Crippen LogP contribution >= 0.6 is 11.8 Å². The van der Waals surface area contributed by atoms with Gasteiger partial charge in [-0.2, -0.15) is 4.98 Å². The van der Waals surface area contributed by atoms with Gasteiger partial charge in [0, 0.05) is 5.69 Å². The van der Waals surface area contributed by atoms with Crippen LogP contribution in [0.5, 0.6) is 11.5 Å². The molecule has 0 unspecified atom stereocenters. The van der Waals surface area contributed by atoms with Gasteiger partial charge >= 0.3 is 11.7 Å². The van der Waals surface area contributed by atoms with Crippen LogP contribution in [-0.4, -0.2) is 54.0 Å². The molecule has 1 aromatic heterocycles. The maximum atomic E-state index is 12.2. The Hall–Kier alpha value is -3.01. The molecule has 1 aromatic carbocycles. The van der Waals surface area contributed by atoms with Gasteiger partial charge in [-0.05, 0) is 19.1 Å². The zero-order chi connectivity index (χ0) is 20.1. The van der Waals surface area contributed by atoms with E-state index in [1.165, 1.54) is 7.11 Å². The number of ether oxygens (including phenoxy) is 3. The summed E-state index contributed by atoms with van der Waals surface area (Å²) in [6.07, 6.45) is -0.311. The van der Waals surface area contributed by atoms with Crippen molar-refractivity contribution in [1.29, 1.82) is 0 Å². The summed E-state index contributed by atoms with van der Waals surface area (Å²) < 4.78 is 16.1. The maximum Gasteiger partial charge on any atom is 0.346 e.